The van der Waals surface area contributed by atoms with Crippen molar-refractivity contribution >= 4 is 0 Å². The highest BCUT2D eigenvalue weighted by Gasteiger charge is 2.11. The Hall–Kier alpha value is -0.920. The quantitative estimate of drug-likeness (QED) is 0.567. The Bertz CT molecular complexity index is 212. The van der Waals surface area contributed by atoms with Crippen molar-refractivity contribution in [2.75, 3.05) is 0 Å². The minimum Gasteiger partial charge on any atom is -0.205 e. The standard InChI is InChI=1S/C10H14F2/c1-5-7(3)8(4)9(6-2)10(11)12/h6,10H,2-3,5H2,1,4H3/b9-8+. The van der Waals surface area contributed by atoms with Gasteiger partial charge in [0.2, 0.25) is 0 Å². The van der Waals surface area contributed by atoms with Crippen LogP contribution in [0.15, 0.2) is 36.0 Å². The molecule has 0 unspecified atom stereocenters. The predicted octanol–water partition coefficient (Wildman–Crippen LogP) is 3.72. The van der Waals surface area contributed by atoms with Gasteiger partial charge in [0.1, 0.15) is 0 Å². The lowest BCUT2D eigenvalue weighted by Crippen LogP contribution is -1.98. The van der Waals surface area contributed by atoms with E-state index in [-0.39, 0.29) is 5.57 Å². The van der Waals surface area contributed by atoms with Crippen LogP contribution in [0.4, 0.5) is 8.78 Å². The fraction of sp³-hybridized carbons (Fsp3) is 0.400. The molecule has 2 heteroatoms. The Morgan fingerprint density at radius 3 is 2.25 bits per heavy atom. The van der Waals surface area contributed by atoms with Crippen molar-refractivity contribution in [1.82, 2.24) is 0 Å². The maximum Gasteiger partial charge on any atom is 0.264 e. The second-order valence-electron chi connectivity index (χ2n) is 2.54. The van der Waals surface area contributed by atoms with E-state index in [0.717, 1.165) is 5.57 Å². The van der Waals surface area contributed by atoms with Gasteiger partial charge in [-0.2, -0.15) is 0 Å². The molecule has 0 saturated heterocycles. The van der Waals surface area contributed by atoms with Crippen molar-refractivity contribution in [3.63, 3.8) is 0 Å². The van der Waals surface area contributed by atoms with Gasteiger partial charge in [-0.1, -0.05) is 31.7 Å². The summed E-state index contributed by atoms with van der Waals surface area (Å²) >= 11 is 0. The number of alkyl halides is 2. The third-order valence-corrected chi connectivity index (χ3v) is 1.85. The van der Waals surface area contributed by atoms with Crippen molar-refractivity contribution in [2.45, 2.75) is 26.7 Å². The first-order valence-corrected chi connectivity index (χ1v) is 3.84. The van der Waals surface area contributed by atoms with E-state index in [0.29, 0.717) is 12.0 Å². The molecule has 0 aliphatic carbocycles. The van der Waals surface area contributed by atoms with Crippen LogP contribution in [0.25, 0.3) is 0 Å². The Morgan fingerprint density at radius 1 is 1.50 bits per heavy atom. The zero-order valence-electron chi connectivity index (χ0n) is 7.53. The largest absolute Gasteiger partial charge is 0.264 e. The first kappa shape index (κ1) is 11.1. The molecule has 0 N–H and O–H groups in total. The van der Waals surface area contributed by atoms with Crippen LogP contribution < -0.4 is 0 Å². The van der Waals surface area contributed by atoms with Crippen molar-refractivity contribution in [1.29, 1.82) is 0 Å². The van der Waals surface area contributed by atoms with Gasteiger partial charge in [0.15, 0.2) is 0 Å². The second kappa shape index (κ2) is 4.86. The molecule has 0 rings (SSSR count). The number of hydrogen-bond donors (Lipinski definition) is 0. The molecule has 0 fully saturated rings. The number of allylic oxidation sites excluding steroid dienone is 4. The smallest absolute Gasteiger partial charge is 0.205 e. The lowest BCUT2D eigenvalue weighted by atomic mass is 10.0. The van der Waals surface area contributed by atoms with E-state index in [1.165, 1.54) is 6.08 Å². The van der Waals surface area contributed by atoms with Crippen LogP contribution in [0.5, 0.6) is 0 Å². The molecule has 0 heterocycles. The first-order chi connectivity index (χ1) is 5.54. The fourth-order valence-electron chi connectivity index (χ4n) is 0.875. The van der Waals surface area contributed by atoms with E-state index in [2.05, 4.69) is 13.2 Å². The Morgan fingerprint density at radius 2 is 2.00 bits per heavy atom. The van der Waals surface area contributed by atoms with Gasteiger partial charge in [-0.3, -0.25) is 0 Å². The van der Waals surface area contributed by atoms with Crippen LogP contribution >= 0.6 is 0 Å². The van der Waals surface area contributed by atoms with Gasteiger partial charge in [0.05, 0.1) is 0 Å². The Balaban J connectivity index is 4.84. The summed E-state index contributed by atoms with van der Waals surface area (Å²) in [5.41, 5.74) is 1.29. The molecule has 0 aromatic rings. The molecule has 12 heavy (non-hydrogen) atoms. The molecule has 0 aliphatic rings. The summed E-state index contributed by atoms with van der Waals surface area (Å²) in [6, 6.07) is 0. The van der Waals surface area contributed by atoms with Crippen molar-refractivity contribution < 1.29 is 8.78 Å². The molecule has 0 spiro atoms. The summed E-state index contributed by atoms with van der Waals surface area (Å²) in [7, 11) is 0. The van der Waals surface area contributed by atoms with Crippen LogP contribution in [-0.4, -0.2) is 6.43 Å². The molecule has 0 bridgehead atoms. The van der Waals surface area contributed by atoms with Crippen LogP contribution in [0.1, 0.15) is 20.3 Å². The molecular formula is C10H14F2. The summed E-state index contributed by atoms with van der Waals surface area (Å²) < 4.78 is 24.6. The molecule has 0 radical (unpaired) electrons. The monoisotopic (exact) mass is 172 g/mol. The van der Waals surface area contributed by atoms with Crippen molar-refractivity contribution in [3.8, 4) is 0 Å². The van der Waals surface area contributed by atoms with Gasteiger partial charge in [0, 0.05) is 5.57 Å². The van der Waals surface area contributed by atoms with Crippen molar-refractivity contribution in [3.05, 3.63) is 36.0 Å². The minimum atomic E-state index is -2.45. The van der Waals surface area contributed by atoms with Gasteiger partial charge in [-0.25, -0.2) is 8.78 Å². The second-order valence-corrected chi connectivity index (χ2v) is 2.54. The maximum atomic E-state index is 12.3. The molecule has 68 valence electrons. The third kappa shape index (κ3) is 2.61. The van der Waals surface area contributed by atoms with E-state index in [9.17, 15) is 8.78 Å². The molecule has 0 aliphatic heterocycles. The van der Waals surface area contributed by atoms with Gasteiger partial charge >= 0.3 is 0 Å². The Labute approximate surface area is 72.3 Å². The molecule has 0 aromatic heterocycles. The van der Waals surface area contributed by atoms with Gasteiger partial charge in [-0.05, 0) is 18.9 Å². The summed E-state index contributed by atoms with van der Waals surface area (Å²) in [6.07, 6.45) is -0.567. The Kier molecular flexibility index (Phi) is 4.49. The summed E-state index contributed by atoms with van der Waals surface area (Å²) in [6.45, 7) is 10.6. The lowest BCUT2D eigenvalue weighted by Gasteiger charge is -2.08. The topological polar surface area (TPSA) is 0 Å². The summed E-state index contributed by atoms with van der Waals surface area (Å²) in [5, 5.41) is 0. The average Bonchev–Trinajstić information content (AvgIpc) is 2.03. The van der Waals surface area contributed by atoms with E-state index in [1.54, 1.807) is 6.92 Å². The zero-order chi connectivity index (χ0) is 9.72. The molecular weight excluding hydrogens is 158 g/mol. The summed E-state index contributed by atoms with van der Waals surface area (Å²) in [5.74, 6) is 0. The number of rotatable bonds is 4. The molecule has 0 atom stereocenters. The highest BCUT2D eigenvalue weighted by Crippen LogP contribution is 2.21. The van der Waals surface area contributed by atoms with Crippen LogP contribution in [0.3, 0.4) is 0 Å². The van der Waals surface area contributed by atoms with E-state index in [1.807, 2.05) is 6.92 Å². The summed E-state index contributed by atoms with van der Waals surface area (Å²) in [4.78, 5) is 0. The molecule has 0 saturated carbocycles. The van der Waals surface area contributed by atoms with E-state index >= 15 is 0 Å². The highest BCUT2D eigenvalue weighted by molar-refractivity contribution is 5.37. The zero-order valence-corrected chi connectivity index (χ0v) is 7.53. The number of halogens is 2. The number of hydrogen-bond acceptors (Lipinski definition) is 0. The SMILES string of the molecule is C=C/C(=C(/C)C(=C)CC)C(F)F. The van der Waals surface area contributed by atoms with Crippen molar-refractivity contribution in [2.24, 2.45) is 0 Å². The van der Waals surface area contributed by atoms with Crippen LogP contribution in [0.2, 0.25) is 0 Å². The lowest BCUT2D eigenvalue weighted by molar-refractivity contribution is 0.193. The predicted molar refractivity (Wildman–Crippen MR) is 48.3 cm³/mol. The first-order valence-electron chi connectivity index (χ1n) is 3.84. The third-order valence-electron chi connectivity index (χ3n) is 1.85. The molecule has 0 amide bonds. The fourth-order valence-corrected chi connectivity index (χ4v) is 0.875. The molecule has 0 nitrogen and oxygen atoms in total. The maximum absolute atomic E-state index is 12.3. The molecule has 0 aromatic carbocycles. The van der Waals surface area contributed by atoms with Gasteiger partial charge in [-0.15, -0.1) is 0 Å². The normalized spacial score (nSPS) is 12.8. The highest BCUT2D eigenvalue weighted by atomic mass is 19.3. The minimum absolute atomic E-state index is 0.0122. The van der Waals surface area contributed by atoms with E-state index in [4.69, 9.17) is 0 Å². The van der Waals surface area contributed by atoms with E-state index < -0.39 is 6.43 Å². The van der Waals surface area contributed by atoms with Gasteiger partial charge < -0.3 is 0 Å². The average molecular weight is 172 g/mol. The van der Waals surface area contributed by atoms with Crippen LogP contribution in [-0.2, 0) is 0 Å². The van der Waals surface area contributed by atoms with Gasteiger partial charge in [0.25, 0.3) is 6.43 Å². The van der Waals surface area contributed by atoms with Crippen LogP contribution in [0, 0.1) is 0 Å².